The zero-order chi connectivity index (χ0) is 33.1. The molecule has 3 aliphatic rings. The van der Waals surface area contributed by atoms with E-state index in [-0.39, 0.29) is 11.5 Å². The molecule has 11 nitrogen and oxygen atoms in total. The highest BCUT2D eigenvalue weighted by Crippen LogP contribution is 2.41. The third-order valence-corrected chi connectivity index (χ3v) is 9.39. The summed E-state index contributed by atoms with van der Waals surface area (Å²) >= 11 is 0. The molecule has 2 N–H and O–H groups in total. The average Bonchev–Trinajstić information content (AvgIpc) is 3.78. The molecule has 13 heteroatoms. The molecule has 4 heterocycles. The van der Waals surface area contributed by atoms with Crippen molar-refractivity contribution < 1.29 is 23.1 Å². The van der Waals surface area contributed by atoms with Crippen molar-refractivity contribution in [1.29, 1.82) is 0 Å². The van der Waals surface area contributed by atoms with E-state index in [2.05, 4.69) is 56.0 Å². The number of anilines is 5. The number of hydroxylamine groups is 1. The molecule has 0 aliphatic carbocycles. The minimum atomic E-state index is -0.914. The van der Waals surface area contributed by atoms with Crippen molar-refractivity contribution in [2.45, 2.75) is 43.8 Å². The summed E-state index contributed by atoms with van der Waals surface area (Å²) in [5, 5.41) is 7.73. The first kappa shape index (κ1) is 32.6. The second-order valence-electron chi connectivity index (χ2n) is 12.4. The summed E-state index contributed by atoms with van der Waals surface area (Å²) in [5.74, 6) is -0.791. The first-order chi connectivity index (χ1) is 22.7. The molecule has 1 aromatic heterocycles. The fraction of sp³-hybridized carbons (Fsp3) is 0.441. The average molecular weight is 649 g/mol. The van der Waals surface area contributed by atoms with Gasteiger partial charge in [0.1, 0.15) is 17.9 Å². The smallest absolute Gasteiger partial charge is 0.247 e. The summed E-state index contributed by atoms with van der Waals surface area (Å²) in [4.78, 5) is 34.3. The van der Waals surface area contributed by atoms with Gasteiger partial charge < -0.3 is 25.2 Å². The summed E-state index contributed by atoms with van der Waals surface area (Å²) in [5.41, 5.74) is 2.24. The van der Waals surface area contributed by atoms with Gasteiger partial charge in [0.05, 0.1) is 36.8 Å². The first-order valence-electron chi connectivity index (χ1n) is 16.0. The molecule has 0 saturated carbocycles. The van der Waals surface area contributed by atoms with E-state index in [0.29, 0.717) is 53.9 Å². The van der Waals surface area contributed by atoms with E-state index in [1.54, 1.807) is 19.2 Å². The number of likely N-dealkylation sites (tertiary alicyclic amines) is 1. The number of halogens is 2. The summed E-state index contributed by atoms with van der Waals surface area (Å²) in [6, 6.07) is 10.1. The van der Waals surface area contributed by atoms with E-state index < -0.39 is 17.7 Å². The molecule has 2 aromatic carbocycles. The summed E-state index contributed by atoms with van der Waals surface area (Å²) in [6.45, 7) is 7.87. The Morgan fingerprint density at radius 1 is 1.09 bits per heavy atom. The highest BCUT2D eigenvalue weighted by Gasteiger charge is 2.34. The quantitative estimate of drug-likeness (QED) is 0.289. The van der Waals surface area contributed by atoms with Gasteiger partial charge in [-0.05, 0) is 51.6 Å². The number of hydrogen-bond acceptors (Lipinski definition) is 10. The predicted octanol–water partition coefficient (Wildman–Crippen LogP) is 5.12. The zero-order valence-corrected chi connectivity index (χ0v) is 27.1. The lowest BCUT2D eigenvalue weighted by Gasteiger charge is -2.39. The standard InChI is InChI=1S/C34H42F2N8O3/c1-5-33(45)40-26-17-27(30(46-4)18-29(26)42-13-9-22(10-14-42)43-15-11-23(20-43)41(2)3)39-31-19-32(38-21-37-31)44-28(12-16-47-44)24-7-6-8-25(35)34(24)36/h5-8,17-19,21-23,28H,1,9-16,20H2,2-4H3,(H,40,45)(H,37,38,39). The highest BCUT2D eigenvalue weighted by molar-refractivity contribution is 6.02. The molecule has 2 unspecified atom stereocenters. The molecule has 250 valence electrons. The SMILES string of the molecule is C=CC(=O)Nc1cc(Nc2cc(N3OCCC3c3cccc(F)c3F)ncn2)c(OC)cc1N1CCC(N2CCC(N(C)C)C2)CC1. The fourth-order valence-electron chi connectivity index (χ4n) is 6.80. The Balaban J connectivity index is 1.22. The van der Waals surface area contributed by atoms with E-state index in [1.807, 2.05) is 12.1 Å². The van der Waals surface area contributed by atoms with Gasteiger partial charge in [-0.1, -0.05) is 18.7 Å². The van der Waals surface area contributed by atoms with Crippen LogP contribution >= 0.6 is 0 Å². The van der Waals surface area contributed by atoms with Gasteiger partial charge in [-0.25, -0.2) is 23.8 Å². The van der Waals surface area contributed by atoms with Gasteiger partial charge >= 0.3 is 0 Å². The molecule has 3 aliphatic heterocycles. The van der Waals surface area contributed by atoms with Crippen LogP contribution in [0.5, 0.6) is 5.75 Å². The maximum atomic E-state index is 14.7. The van der Waals surface area contributed by atoms with Crippen LogP contribution in [-0.2, 0) is 9.63 Å². The molecule has 0 radical (unpaired) electrons. The predicted molar refractivity (Wildman–Crippen MR) is 178 cm³/mol. The van der Waals surface area contributed by atoms with E-state index in [4.69, 9.17) is 9.57 Å². The van der Waals surface area contributed by atoms with E-state index >= 15 is 0 Å². The molecular formula is C34H42F2N8O3. The number of ether oxygens (including phenoxy) is 1. The number of nitrogens with zero attached hydrogens (tertiary/aromatic N) is 6. The van der Waals surface area contributed by atoms with E-state index in [0.717, 1.165) is 50.8 Å². The normalized spacial score (nSPS) is 20.6. The Morgan fingerprint density at radius 2 is 1.89 bits per heavy atom. The topological polar surface area (TPSA) is 98.3 Å². The number of carbonyl (C=O) groups is 1. The lowest BCUT2D eigenvalue weighted by Crippen LogP contribution is -2.45. The number of nitrogens with one attached hydrogen (secondary N) is 2. The molecule has 47 heavy (non-hydrogen) atoms. The van der Waals surface area contributed by atoms with Crippen LogP contribution in [-0.4, -0.2) is 91.7 Å². The highest BCUT2D eigenvalue weighted by atomic mass is 19.2. The van der Waals surface area contributed by atoms with Gasteiger partial charge in [-0.2, -0.15) is 0 Å². The maximum absolute atomic E-state index is 14.7. The lowest BCUT2D eigenvalue weighted by molar-refractivity contribution is -0.111. The number of methoxy groups -OCH3 is 1. The molecule has 2 atom stereocenters. The Labute approximate surface area is 274 Å². The number of carbonyl (C=O) groups excluding carboxylic acids is 1. The van der Waals surface area contributed by atoms with Crippen molar-refractivity contribution in [1.82, 2.24) is 19.8 Å². The van der Waals surface area contributed by atoms with Crippen LogP contribution in [0.15, 0.2) is 55.4 Å². The number of amides is 1. The van der Waals surface area contributed by atoms with Crippen LogP contribution in [0.4, 0.5) is 37.5 Å². The molecular weight excluding hydrogens is 606 g/mol. The Kier molecular flexibility index (Phi) is 9.85. The van der Waals surface area contributed by atoms with Crippen LogP contribution in [0.3, 0.4) is 0 Å². The number of rotatable bonds is 10. The minimum absolute atomic E-state index is 0.192. The second kappa shape index (κ2) is 14.2. The maximum Gasteiger partial charge on any atom is 0.247 e. The van der Waals surface area contributed by atoms with Crippen molar-refractivity contribution in [3.8, 4) is 5.75 Å². The Bertz CT molecular complexity index is 1600. The van der Waals surface area contributed by atoms with Crippen LogP contribution in [0.1, 0.15) is 37.3 Å². The van der Waals surface area contributed by atoms with Gasteiger partial charge in [0, 0.05) is 62.4 Å². The van der Waals surface area contributed by atoms with Crippen molar-refractivity contribution in [2.24, 2.45) is 0 Å². The minimum Gasteiger partial charge on any atom is -0.494 e. The molecule has 1 amide bonds. The third kappa shape index (κ3) is 7.02. The number of hydrogen-bond donors (Lipinski definition) is 2. The van der Waals surface area contributed by atoms with Gasteiger partial charge in [-0.3, -0.25) is 14.5 Å². The summed E-state index contributed by atoms with van der Waals surface area (Å²) in [6.07, 6.45) is 6.32. The van der Waals surface area contributed by atoms with Crippen LogP contribution in [0.2, 0.25) is 0 Å². The lowest BCUT2D eigenvalue weighted by atomic mass is 10.0. The number of likely N-dealkylation sites (N-methyl/N-ethyl adjacent to an activating group) is 1. The monoisotopic (exact) mass is 648 g/mol. The van der Waals surface area contributed by atoms with Crippen molar-refractivity contribution in [3.05, 3.63) is 72.6 Å². The third-order valence-electron chi connectivity index (χ3n) is 9.39. The van der Waals surface area contributed by atoms with Crippen LogP contribution in [0, 0.1) is 11.6 Å². The second-order valence-corrected chi connectivity index (χ2v) is 12.4. The molecule has 6 rings (SSSR count). The van der Waals surface area contributed by atoms with Crippen LogP contribution in [0.25, 0.3) is 0 Å². The molecule has 0 spiro atoms. The molecule has 3 saturated heterocycles. The zero-order valence-electron chi connectivity index (χ0n) is 27.1. The first-order valence-corrected chi connectivity index (χ1v) is 16.0. The van der Waals surface area contributed by atoms with Gasteiger partial charge in [0.2, 0.25) is 5.91 Å². The van der Waals surface area contributed by atoms with Crippen molar-refractivity contribution >= 4 is 34.6 Å². The molecule has 0 bridgehead atoms. The largest absolute Gasteiger partial charge is 0.494 e. The van der Waals surface area contributed by atoms with Gasteiger partial charge in [-0.15, -0.1) is 0 Å². The summed E-state index contributed by atoms with van der Waals surface area (Å²) < 4.78 is 34.5. The Hall–Kier alpha value is -4.33. The summed E-state index contributed by atoms with van der Waals surface area (Å²) in [7, 11) is 5.90. The van der Waals surface area contributed by atoms with Crippen LogP contribution < -0.4 is 25.3 Å². The van der Waals surface area contributed by atoms with Crippen molar-refractivity contribution in [2.75, 3.05) is 74.6 Å². The fourth-order valence-corrected chi connectivity index (χ4v) is 6.80. The number of piperidine rings is 1. The van der Waals surface area contributed by atoms with Gasteiger partial charge in [0.25, 0.3) is 0 Å². The van der Waals surface area contributed by atoms with Gasteiger partial charge in [0.15, 0.2) is 17.5 Å². The molecule has 3 fully saturated rings. The Morgan fingerprint density at radius 3 is 2.62 bits per heavy atom. The van der Waals surface area contributed by atoms with Crippen molar-refractivity contribution in [3.63, 3.8) is 0 Å². The van der Waals surface area contributed by atoms with E-state index in [9.17, 15) is 13.6 Å². The molecule has 3 aromatic rings. The van der Waals surface area contributed by atoms with E-state index in [1.165, 1.54) is 30.0 Å². The number of aromatic nitrogens is 2. The number of benzene rings is 2.